The topological polar surface area (TPSA) is 65.0 Å². The number of ketones is 1. The average molecular weight is 473 g/mol. The highest BCUT2D eigenvalue weighted by atomic mass is 16.8. The zero-order chi connectivity index (χ0) is 25.4. The van der Waals surface area contributed by atoms with E-state index in [0.717, 1.165) is 16.7 Å². The molecule has 5 rings (SSSR count). The minimum absolute atomic E-state index is 0.168. The van der Waals surface area contributed by atoms with Crippen LogP contribution in [0, 0.1) is 6.92 Å². The Balaban J connectivity index is 1.82. The molecule has 0 radical (unpaired) electrons. The van der Waals surface area contributed by atoms with Gasteiger partial charge in [0.1, 0.15) is 5.75 Å². The molecular weight excluding hydrogens is 440 g/mol. The van der Waals surface area contributed by atoms with E-state index in [1.54, 1.807) is 36.4 Å². The van der Waals surface area contributed by atoms with Gasteiger partial charge < -0.3 is 19.3 Å². The summed E-state index contributed by atoms with van der Waals surface area (Å²) in [5, 5.41) is 12.1. The van der Waals surface area contributed by atoms with Crippen molar-refractivity contribution in [2.24, 2.45) is 0 Å². The van der Waals surface area contributed by atoms with Gasteiger partial charge in [0.05, 0.1) is 5.56 Å². The molecule has 3 aromatic rings. The lowest BCUT2D eigenvalue weighted by Gasteiger charge is -2.51. The summed E-state index contributed by atoms with van der Waals surface area (Å²) < 4.78 is 19.4. The van der Waals surface area contributed by atoms with Crippen LogP contribution in [-0.4, -0.2) is 16.7 Å². The van der Waals surface area contributed by atoms with Crippen LogP contribution in [0.3, 0.4) is 0 Å². The summed E-state index contributed by atoms with van der Waals surface area (Å²) in [6.45, 7) is 14.6. The first-order valence-corrected chi connectivity index (χ1v) is 12.0. The van der Waals surface area contributed by atoms with Gasteiger partial charge >= 0.3 is 11.6 Å². The Hall–Kier alpha value is -3.31. The summed E-state index contributed by atoms with van der Waals surface area (Å²) in [7, 11) is 0. The molecule has 0 saturated heterocycles. The van der Waals surface area contributed by atoms with Gasteiger partial charge in [0, 0.05) is 11.1 Å². The van der Waals surface area contributed by atoms with E-state index in [4.69, 9.17) is 14.2 Å². The molecule has 0 spiro atoms. The predicted octanol–water partition coefficient (Wildman–Crippen LogP) is 6.18. The Morgan fingerprint density at radius 2 is 1.40 bits per heavy atom. The van der Waals surface area contributed by atoms with Crippen molar-refractivity contribution in [1.29, 1.82) is 0 Å². The second kappa shape index (κ2) is 7.34. The van der Waals surface area contributed by atoms with Crippen molar-refractivity contribution >= 4 is 5.78 Å². The number of Topliss-reactive ketones (excluding diaryl/α,β-unsaturated/α-hetero) is 1. The molecule has 0 saturated carbocycles. The van der Waals surface area contributed by atoms with Gasteiger partial charge in [0.2, 0.25) is 5.78 Å². The molecule has 2 heterocycles. The van der Waals surface area contributed by atoms with Gasteiger partial charge in [-0.2, -0.15) is 0 Å². The summed E-state index contributed by atoms with van der Waals surface area (Å²) in [6, 6.07) is 18.2. The number of rotatable bonds is 1. The van der Waals surface area contributed by atoms with Crippen molar-refractivity contribution in [2.75, 3.05) is 0 Å². The van der Waals surface area contributed by atoms with Gasteiger partial charge in [-0.15, -0.1) is 0 Å². The first kappa shape index (κ1) is 23.4. The molecule has 35 heavy (non-hydrogen) atoms. The zero-order valence-corrected chi connectivity index (χ0v) is 21.4. The van der Waals surface area contributed by atoms with Crippen LogP contribution in [0.2, 0.25) is 0 Å². The quantitative estimate of drug-likeness (QED) is 0.458. The molecule has 182 valence electrons. The average Bonchev–Trinajstić information content (AvgIpc) is 2.77. The predicted molar refractivity (Wildman–Crippen MR) is 134 cm³/mol. The van der Waals surface area contributed by atoms with Crippen LogP contribution >= 0.6 is 0 Å². The third-order valence-corrected chi connectivity index (χ3v) is 6.80. The van der Waals surface area contributed by atoms with Crippen LogP contribution in [0.25, 0.3) is 0 Å². The molecule has 0 fully saturated rings. The Kier molecular flexibility index (Phi) is 4.92. The van der Waals surface area contributed by atoms with E-state index in [1.165, 1.54) is 0 Å². The fourth-order valence-electron chi connectivity index (χ4n) is 4.67. The summed E-state index contributed by atoms with van der Waals surface area (Å²) in [4.78, 5) is 13.9. The maximum absolute atomic E-state index is 13.9. The second-order valence-corrected chi connectivity index (χ2v) is 11.6. The van der Waals surface area contributed by atoms with E-state index in [-0.39, 0.29) is 16.4 Å². The van der Waals surface area contributed by atoms with Gasteiger partial charge in [-0.05, 0) is 41.5 Å². The van der Waals surface area contributed by atoms with E-state index in [2.05, 4.69) is 47.6 Å². The minimum Gasteiger partial charge on any atom is -0.444 e. The van der Waals surface area contributed by atoms with Crippen molar-refractivity contribution in [3.8, 4) is 17.2 Å². The van der Waals surface area contributed by atoms with Gasteiger partial charge in [-0.25, -0.2) is 0 Å². The molecule has 0 aromatic heterocycles. The van der Waals surface area contributed by atoms with Gasteiger partial charge in [0.25, 0.3) is 0 Å². The van der Waals surface area contributed by atoms with Gasteiger partial charge in [-0.3, -0.25) is 4.79 Å². The fraction of sp³-hybridized carbons (Fsp3) is 0.367. The second-order valence-electron chi connectivity index (χ2n) is 11.6. The van der Waals surface area contributed by atoms with Crippen LogP contribution in [0.15, 0.2) is 60.7 Å². The number of hydrogen-bond acceptors (Lipinski definition) is 5. The molecule has 2 aliphatic rings. The third kappa shape index (κ3) is 3.44. The molecule has 5 nitrogen and oxygen atoms in total. The van der Waals surface area contributed by atoms with Crippen molar-refractivity contribution in [2.45, 2.75) is 70.9 Å². The van der Waals surface area contributed by atoms with Gasteiger partial charge in [0.15, 0.2) is 11.5 Å². The fourth-order valence-corrected chi connectivity index (χ4v) is 4.67. The van der Waals surface area contributed by atoms with Crippen LogP contribution in [0.1, 0.15) is 74.2 Å². The van der Waals surface area contributed by atoms with E-state index in [9.17, 15) is 9.90 Å². The highest BCUT2D eigenvalue weighted by Crippen LogP contribution is 2.55. The van der Waals surface area contributed by atoms with Crippen molar-refractivity contribution in [1.82, 2.24) is 0 Å². The molecule has 3 aromatic carbocycles. The van der Waals surface area contributed by atoms with Crippen molar-refractivity contribution in [3.63, 3.8) is 0 Å². The first-order valence-electron chi connectivity index (χ1n) is 12.0. The summed E-state index contributed by atoms with van der Waals surface area (Å²) in [5.41, 5.74) is 3.14. The maximum atomic E-state index is 13.9. The zero-order valence-electron chi connectivity index (χ0n) is 21.4. The Morgan fingerprint density at radius 1 is 0.771 bits per heavy atom. The van der Waals surface area contributed by atoms with Crippen molar-refractivity contribution < 1.29 is 24.1 Å². The third-order valence-electron chi connectivity index (χ3n) is 6.80. The van der Waals surface area contributed by atoms with E-state index in [1.807, 2.05) is 25.1 Å². The first-order chi connectivity index (χ1) is 16.3. The Morgan fingerprint density at radius 3 is 2.03 bits per heavy atom. The smallest absolute Gasteiger partial charge is 0.357 e. The van der Waals surface area contributed by atoms with E-state index >= 15 is 0 Å². The molecular formula is C30H32O5. The maximum Gasteiger partial charge on any atom is 0.357 e. The SMILES string of the molecule is Cc1ccc([C@@]23Oc4ccccc4C(=O)[C@]2(O)Oc2c(cc(C(C)(C)C)cc2C(C)(C)C)O3)cc1. The standard InChI is InChI=1S/C30H32O5/c1-18-12-14-19(15-13-18)30-29(32,26(31)21-10-8-9-11-23(21)33-30)35-25-22(28(5,6)7)16-20(27(2,3)4)17-24(25)34-30/h8-17,32H,1-7H3/t29-,30-/m0/s1. The number of hydrogen-bond donors (Lipinski definition) is 1. The summed E-state index contributed by atoms with van der Waals surface area (Å²) in [6.07, 6.45) is 0. The molecule has 5 heteroatoms. The van der Waals surface area contributed by atoms with Crippen LogP contribution in [0.4, 0.5) is 0 Å². The Labute approximate surface area is 206 Å². The number of ether oxygens (including phenoxy) is 3. The van der Waals surface area contributed by atoms with Gasteiger partial charge in [-0.1, -0.05) is 89.6 Å². The highest BCUT2D eigenvalue weighted by molar-refractivity contribution is 6.06. The number of carbonyl (C=O) groups is 1. The lowest BCUT2D eigenvalue weighted by molar-refractivity contribution is -0.316. The van der Waals surface area contributed by atoms with Crippen LogP contribution in [-0.2, 0) is 16.6 Å². The number of benzene rings is 3. The Bertz CT molecular complexity index is 1330. The molecule has 2 aliphatic heterocycles. The normalized spacial score (nSPS) is 23.3. The number of carbonyl (C=O) groups excluding carboxylic acids is 1. The number of aryl methyl sites for hydroxylation is 1. The lowest BCUT2D eigenvalue weighted by atomic mass is 9.79. The summed E-state index contributed by atoms with van der Waals surface area (Å²) in [5.74, 6) is -3.85. The number of para-hydroxylation sites is 1. The molecule has 2 atom stereocenters. The molecule has 0 bridgehead atoms. The molecule has 0 unspecified atom stereocenters. The van der Waals surface area contributed by atoms with E-state index < -0.39 is 17.4 Å². The highest BCUT2D eigenvalue weighted by Gasteiger charge is 2.70. The van der Waals surface area contributed by atoms with Crippen LogP contribution < -0.4 is 14.2 Å². The monoisotopic (exact) mass is 472 g/mol. The summed E-state index contributed by atoms with van der Waals surface area (Å²) >= 11 is 0. The molecule has 0 amide bonds. The van der Waals surface area contributed by atoms with Crippen molar-refractivity contribution in [3.05, 3.63) is 88.5 Å². The van der Waals surface area contributed by atoms with E-state index in [0.29, 0.717) is 22.8 Å². The largest absolute Gasteiger partial charge is 0.444 e. The number of fused-ring (bicyclic) bond motifs is 3. The lowest BCUT2D eigenvalue weighted by Crippen LogP contribution is -2.70. The minimum atomic E-state index is -2.44. The number of aliphatic hydroxyl groups is 1. The van der Waals surface area contributed by atoms with Crippen LogP contribution in [0.5, 0.6) is 17.2 Å². The molecule has 0 aliphatic carbocycles. The molecule has 1 N–H and O–H groups in total.